The van der Waals surface area contributed by atoms with Crippen molar-refractivity contribution in [2.24, 2.45) is 0 Å². The third kappa shape index (κ3) is 7.48. The molecule has 2 rings (SSSR count). The molecular formula is C23H30F2N2O2. The van der Waals surface area contributed by atoms with Gasteiger partial charge in [-0.25, -0.2) is 8.78 Å². The predicted molar refractivity (Wildman–Crippen MR) is 112 cm³/mol. The molecule has 158 valence electrons. The summed E-state index contributed by atoms with van der Waals surface area (Å²) in [6.07, 6.45) is 2.19. The highest BCUT2D eigenvalue weighted by molar-refractivity contribution is 5.42. The van der Waals surface area contributed by atoms with Crippen LogP contribution in [0.4, 0.5) is 8.78 Å². The fourth-order valence-electron chi connectivity index (χ4n) is 2.90. The molecule has 2 aromatic carbocycles. The largest absolute Gasteiger partial charge is 0.493 e. The lowest BCUT2D eigenvalue weighted by Crippen LogP contribution is -2.32. The van der Waals surface area contributed by atoms with Crippen molar-refractivity contribution in [1.82, 2.24) is 10.2 Å². The lowest BCUT2D eigenvalue weighted by Gasteiger charge is -2.22. The highest BCUT2D eigenvalue weighted by Gasteiger charge is 2.09. The molecule has 1 N–H and O–H groups in total. The van der Waals surface area contributed by atoms with Crippen LogP contribution < -0.4 is 14.8 Å². The van der Waals surface area contributed by atoms with Crippen molar-refractivity contribution < 1.29 is 18.3 Å². The quantitative estimate of drug-likeness (QED) is 0.440. The van der Waals surface area contributed by atoms with Gasteiger partial charge in [0.2, 0.25) is 0 Å². The summed E-state index contributed by atoms with van der Waals surface area (Å²) < 4.78 is 37.0. The zero-order valence-corrected chi connectivity index (χ0v) is 17.6. The molecule has 6 heteroatoms. The van der Waals surface area contributed by atoms with E-state index in [0.717, 1.165) is 43.4 Å². The molecule has 0 aliphatic carbocycles. The number of hydrogen-bond donors (Lipinski definition) is 1. The van der Waals surface area contributed by atoms with Crippen LogP contribution in [0.5, 0.6) is 11.5 Å². The molecule has 0 radical (unpaired) electrons. The van der Waals surface area contributed by atoms with Crippen LogP contribution in [0.3, 0.4) is 0 Å². The number of benzene rings is 2. The van der Waals surface area contributed by atoms with Gasteiger partial charge in [-0.2, -0.15) is 0 Å². The summed E-state index contributed by atoms with van der Waals surface area (Å²) in [5, 5.41) is 3.30. The maximum absolute atomic E-state index is 13.3. The van der Waals surface area contributed by atoms with Gasteiger partial charge >= 0.3 is 0 Å². The Morgan fingerprint density at radius 1 is 0.966 bits per heavy atom. The summed E-state index contributed by atoms with van der Waals surface area (Å²) in [7, 11) is 3.25. The van der Waals surface area contributed by atoms with Crippen LogP contribution in [0.2, 0.25) is 0 Å². The van der Waals surface area contributed by atoms with Gasteiger partial charge in [0, 0.05) is 32.7 Å². The van der Waals surface area contributed by atoms with Crippen molar-refractivity contribution in [2.75, 3.05) is 33.9 Å². The van der Waals surface area contributed by atoms with Crippen LogP contribution in [0.1, 0.15) is 25.0 Å². The molecule has 0 fully saturated rings. The minimum absolute atomic E-state index is 0.490. The van der Waals surface area contributed by atoms with Crippen molar-refractivity contribution in [1.29, 1.82) is 0 Å². The first-order chi connectivity index (χ1) is 13.9. The van der Waals surface area contributed by atoms with Crippen molar-refractivity contribution in [3.05, 3.63) is 70.8 Å². The predicted octanol–water partition coefficient (Wildman–Crippen LogP) is 4.54. The number of rotatable bonds is 11. The first-order valence-corrected chi connectivity index (χ1v) is 9.64. The first-order valence-electron chi connectivity index (χ1n) is 9.64. The SMILES string of the molecule is COc1ccc(CN(CC=C(C)C)CCNCc2ccc(F)c(F)c2)cc1OC. The Balaban J connectivity index is 1.95. The van der Waals surface area contributed by atoms with Crippen LogP contribution >= 0.6 is 0 Å². The number of nitrogens with zero attached hydrogens (tertiary/aromatic N) is 1. The number of allylic oxidation sites excluding steroid dienone is 1. The summed E-state index contributed by atoms with van der Waals surface area (Å²) in [6, 6.07) is 9.91. The minimum Gasteiger partial charge on any atom is -0.493 e. The van der Waals surface area contributed by atoms with Crippen LogP contribution in [0, 0.1) is 11.6 Å². The van der Waals surface area contributed by atoms with Gasteiger partial charge in [0.05, 0.1) is 14.2 Å². The molecule has 0 aromatic heterocycles. The van der Waals surface area contributed by atoms with E-state index in [1.54, 1.807) is 20.3 Å². The summed E-state index contributed by atoms with van der Waals surface area (Å²) >= 11 is 0. The standard InChI is InChI=1S/C23H30F2N2O2/c1-17(2)9-11-27(16-19-6-8-22(28-3)23(14-19)29-4)12-10-26-15-18-5-7-20(24)21(25)13-18/h5-9,13-14,26H,10-12,15-16H2,1-4H3. The van der Waals surface area contributed by atoms with Gasteiger partial charge in [-0.1, -0.05) is 23.8 Å². The number of hydrogen-bond acceptors (Lipinski definition) is 4. The summed E-state index contributed by atoms with van der Waals surface area (Å²) in [5.74, 6) is -0.219. The topological polar surface area (TPSA) is 33.7 Å². The summed E-state index contributed by atoms with van der Waals surface area (Å²) in [4.78, 5) is 2.31. The van der Waals surface area contributed by atoms with Gasteiger partial charge in [-0.05, 0) is 49.2 Å². The minimum atomic E-state index is -0.823. The van der Waals surface area contributed by atoms with Crippen molar-refractivity contribution in [3.63, 3.8) is 0 Å². The monoisotopic (exact) mass is 404 g/mol. The molecule has 0 saturated heterocycles. The van der Waals surface area contributed by atoms with E-state index in [4.69, 9.17) is 9.47 Å². The molecule has 0 amide bonds. The maximum atomic E-state index is 13.3. The van der Waals surface area contributed by atoms with Gasteiger partial charge < -0.3 is 14.8 Å². The fraction of sp³-hybridized carbons (Fsp3) is 0.391. The molecule has 4 nitrogen and oxygen atoms in total. The second-order valence-corrected chi connectivity index (χ2v) is 7.13. The Labute approximate surface area is 172 Å². The van der Waals surface area contributed by atoms with Gasteiger partial charge in [0.1, 0.15) is 0 Å². The average molecular weight is 405 g/mol. The lowest BCUT2D eigenvalue weighted by atomic mass is 10.1. The second kappa shape index (κ2) is 11.5. The van der Waals surface area contributed by atoms with Gasteiger partial charge in [-0.3, -0.25) is 4.90 Å². The van der Waals surface area contributed by atoms with E-state index in [-0.39, 0.29) is 0 Å². The van der Waals surface area contributed by atoms with E-state index in [0.29, 0.717) is 18.0 Å². The van der Waals surface area contributed by atoms with E-state index in [2.05, 4.69) is 30.1 Å². The Morgan fingerprint density at radius 2 is 1.69 bits per heavy atom. The fourth-order valence-corrected chi connectivity index (χ4v) is 2.90. The molecule has 0 aliphatic rings. The second-order valence-electron chi connectivity index (χ2n) is 7.13. The van der Waals surface area contributed by atoms with Gasteiger partial charge in [-0.15, -0.1) is 0 Å². The molecule has 0 heterocycles. The zero-order chi connectivity index (χ0) is 21.2. The molecule has 29 heavy (non-hydrogen) atoms. The number of nitrogens with one attached hydrogen (secondary N) is 1. The Bertz CT molecular complexity index is 821. The highest BCUT2D eigenvalue weighted by Crippen LogP contribution is 2.28. The third-order valence-corrected chi connectivity index (χ3v) is 4.53. The van der Waals surface area contributed by atoms with Crippen LogP contribution in [-0.2, 0) is 13.1 Å². The normalized spacial score (nSPS) is 10.9. The van der Waals surface area contributed by atoms with E-state index in [1.807, 2.05) is 18.2 Å². The molecule has 0 atom stereocenters. The molecular weight excluding hydrogens is 374 g/mol. The van der Waals surface area contributed by atoms with Crippen molar-refractivity contribution in [2.45, 2.75) is 26.9 Å². The van der Waals surface area contributed by atoms with Gasteiger partial charge in [0.25, 0.3) is 0 Å². The first kappa shape index (κ1) is 22.8. The Morgan fingerprint density at radius 3 is 2.34 bits per heavy atom. The molecule has 0 unspecified atom stereocenters. The number of methoxy groups -OCH3 is 2. The van der Waals surface area contributed by atoms with E-state index in [1.165, 1.54) is 11.6 Å². The zero-order valence-electron chi connectivity index (χ0n) is 17.6. The lowest BCUT2D eigenvalue weighted by molar-refractivity contribution is 0.291. The molecule has 0 aliphatic heterocycles. The van der Waals surface area contributed by atoms with Crippen LogP contribution in [-0.4, -0.2) is 38.8 Å². The maximum Gasteiger partial charge on any atom is 0.161 e. The summed E-state index contributed by atoms with van der Waals surface area (Å²) in [5.41, 5.74) is 3.11. The smallest absolute Gasteiger partial charge is 0.161 e. The van der Waals surface area contributed by atoms with E-state index in [9.17, 15) is 8.78 Å². The third-order valence-electron chi connectivity index (χ3n) is 4.53. The molecule has 0 bridgehead atoms. The molecule has 0 spiro atoms. The summed E-state index contributed by atoms with van der Waals surface area (Å²) in [6.45, 7) is 7.76. The van der Waals surface area contributed by atoms with Crippen molar-refractivity contribution in [3.8, 4) is 11.5 Å². The molecule has 2 aromatic rings. The van der Waals surface area contributed by atoms with E-state index < -0.39 is 11.6 Å². The van der Waals surface area contributed by atoms with E-state index >= 15 is 0 Å². The van der Waals surface area contributed by atoms with Gasteiger partial charge in [0.15, 0.2) is 23.1 Å². The van der Waals surface area contributed by atoms with Crippen LogP contribution in [0.25, 0.3) is 0 Å². The number of ether oxygens (including phenoxy) is 2. The average Bonchev–Trinajstić information content (AvgIpc) is 2.71. The Hall–Kier alpha value is -2.44. The Kier molecular flexibility index (Phi) is 9.09. The van der Waals surface area contributed by atoms with Crippen molar-refractivity contribution >= 4 is 0 Å². The van der Waals surface area contributed by atoms with Crippen LogP contribution in [0.15, 0.2) is 48.0 Å². The number of halogens is 2. The molecule has 0 saturated carbocycles. The highest BCUT2D eigenvalue weighted by atomic mass is 19.2.